The Hall–Kier alpha value is -3.49. The normalized spacial score (nSPS) is 10.6. The Balaban J connectivity index is 1.83. The van der Waals surface area contributed by atoms with E-state index in [1.54, 1.807) is 6.92 Å². The molecule has 1 amide bonds. The van der Waals surface area contributed by atoms with Crippen molar-refractivity contribution in [2.75, 3.05) is 10.6 Å². The number of aromatic nitrogens is 2. The summed E-state index contributed by atoms with van der Waals surface area (Å²) in [6, 6.07) is 7.19. The van der Waals surface area contributed by atoms with E-state index in [9.17, 15) is 22.4 Å². The molecule has 0 aliphatic rings. The molecule has 0 spiro atoms. The third-order valence-corrected chi connectivity index (χ3v) is 3.44. The number of nitrogens with one attached hydrogen (secondary N) is 2. The second-order valence-corrected chi connectivity index (χ2v) is 5.55. The van der Waals surface area contributed by atoms with Crippen LogP contribution in [0.4, 0.5) is 34.9 Å². The average Bonchev–Trinajstić information content (AvgIpc) is 2.60. The van der Waals surface area contributed by atoms with Gasteiger partial charge in [-0.2, -0.15) is 0 Å². The van der Waals surface area contributed by atoms with E-state index in [1.807, 2.05) is 0 Å². The van der Waals surface area contributed by atoms with Crippen LogP contribution in [-0.2, 0) is 0 Å². The topological polar surface area (TPSA) is 66.9 Å². The standard InChI is InChI=1S/C18H12F4N4O/c1-9-6-16(17(27)25-15-5-2-10(19)7-14(15)22)26-18(23-9)24-11-3-4-12(20)13(21)8-11/h2-8H,1H3,(H,25,27)(H,23,24,26). The highest BCUT2D eigenvalue weighted by Crippen LogP contribution is 2.19. The smallest absolute Gasteiger partial charge is 0.274 e. The number of hydrogen-bond donors (Lipinski definition) is 2. The molecule has 138 valence electrons. The first-order valence-corrected chi connectivity index (χ1v) is 7.66. The predicted octanol–water partition coefficient (Wildman–Crippen LogP) is 4.34. The predicted molar refractivity (Wildman–Crippen MR) is 90.7 cm³/mol. The Morgan fingerprint density at radius 2 is 1.67 bits per heavy atom. The van der Waals surface area contributed by atoms with Gasteiger partial charge in [-0.15, -0.1) is 0 Å². The molecule has 5 nitrogen and oxygen atoms in total. The van der Waals surface area contributed by atoms with E-state index in [-0.39, 0.29) is 23.0 Å². The van der Waals surface area contributed by atoms with E-state index in [4.69, 9.17) is 0 Å². The van der Waals surface area contributed by atoms with Gasteiger partial charge in [0.05, 0.1) is 5.69 Å². The van der Waals surface area contributed by atoms with Gasteiger partial charge in [0.25, 0.3) is 5.91 Å². The molecule has 0 fully saturated rings. The zero-order chi connectivity index (χ0) is 19.6. The minimum atomic E-state index is -1.06. The summed E-state index contributed by atoms with van der Waals surface area (Å²) in [5.41, 5.74) is 0.263. The second kappa shape index (κ2) is 7.40. The minimum absolute atomic E-state index is 0.0364. The fourth-order valence-corrected chi connectivity index (χ4v) is 2.22. The quantitative estimate of drug-likeness (QED) is 0.665. The van der Waals surface area contributed by atoms with Crippen molar-refractivity contribution in [3.8, 4) is 0 Å². The van der Waals surface area contributed by atoms with Crippen LogP contribution in [0, 0.1) is 30.2 Å². The lowest BCUT2D eigenvalue weighted by molar-refractivity contribution is 0.102. The van der Waals surface area contributed by atoms with Crippen LogP contribution in [0.25, 0.3) is 0 Å². The Kier molecular flexibility index (Phi) is 5.02. The third-order valence-electron chi connectivity index (χ3n) is 3.44. The fraction of sp³-hybridized carbons (Fsp3) is 0.0556. The van der Waals surface area contributed by atoms with Gasteiger partial charge in [0.1, 0.15) is 17.3 Å². The summed E-state index contributed by atoms with van der Waals surface area (Å²) < 4.78 is 52.9. The van der Waals surface area contributed by atoms with E-state index >= 15 is 0 Å². The summed E-state index contributed by atoms with van der Waals surface area (Å²) in [4.78, 5) is 20.3. The highest BCUT2D eigenvalue weighted by Gasteiger charge is 2.14. The molecule has 0 saturated heterocycles. The molecule has 0 aliphatic carbocycles. The number of benzene rings is 2. The highest BCUT2D eigenvalue weighted by molar-refractivity contribution is 6.03. The average molecular weight is 376 g/mol. The van der Waals surface area contributed by atoms with Crippen LogP contribution < -0.4 is 10.6 Å². The number of aryl methyl sites for hydroxylation is 1. The Labute approximate surface area is 151 Å². The van der Waals surface area contributed by atoms with Crippen LogP contribution in [0.15, 0.2) is 42.5 Å². The lowest BCUT2D eigenvalue weighted by Gasteiger charge is -2.09. The van der Waals surface area contributed by atoms with Gasteiger partial charge in [0.15, 0.2) is 11.6 Å². The summed E-state index contributed by atoms with van der Waals surface area (Å²) in [5.74, 6) is -4.56. The Morgan fingerprint density at radius 1 is 0.889 bits per heavy atom. The van der Waals surface area contributed by atoms with Crippen LogP contribution in [0.5, 0.6) is 0 Å². The van der Waals surface area contributed by atoms with E-state index in [0.717, 1.165) is 24.3 Å². The fourth-order valence-electron chi connectivity index (χ4n) is 2.22. The molecule has 27 heavy (non-hydrogen) atoms. The van der Waals surface area contributed by atoms with Crippen molar-refractivity contribution >= 4 is 23.2 Å². The number of amides is 1. The van der Waals surface area contributed by atoms with E-state index in [1.165, 1.54) is 12.1 Å². The second-order valence-electron chi connectivity index (χ2n) is 5.55. The van der Waals surface area contributed by atoms with Crippen LogP contribution >= 0.6 is 0 Å². The minimum Gasteiger partial charge on any atom is -0.324 e. The number of carbonyl (C=O) groups excluding carboxylic acids is 1. The van der Waals surface area contributed by atoms with Crippen LogP contribution in [0.1, 0.15) is 16.2 Å². The maximum Gasteiger partial charge on any atom is 0.274 e. The first-order valence-electron chi connectivity index (χ1n) is 7.66. The molecular formula is C18H12F4N4O. The summed E-state index contributed by atoms with van der Waals surface area (Å²) >= 11 is 0. The first kappa shape index (κ1) is 18.3. The largest absolute Gasteiger partial charge is 0.324 e. The molecule has 0 aliphatic heterocycles. The van der Waals surface area contributed by atoms with Crippen molar-refractivity contribution < 1.29 is 22.4 Å². The maximum absolute atomic E-state index is 13.7. The molecule has 0 unspecified atom stereocenters. The van der Waals surface area contributed by atoms with Gasteiger partial charge < -0.3 is 10.6 Å². The number of hydrogen-bond acceptors (Lipinski definition) is 4. The number of nitrogens with zero attached hydrogens (tertiary/aromatic N) is 2. The summed E-state index contributed by atoms with van der Waals surface area (Å²) in [6.45, 7) is 1.59. The van der Waals surface area contributed by atoms with Crippen molar-refractivity contribution in [1.82, 2.24) is 9.97 Å². The van der Waals surface area contributed by atoms with Crippen LogP contribution in [0.2, 0.25) is 0 Å². The molecule has 0 radical (unpaired) electrons. The van der Waals surface area contributed by atoms with Crippen molar-refractivity contribution in [2.24, 2.45) is 0 Å². The maximum atomic E-state index is 13.7. The van der Waals surface area contributed by atoms with Gasteiger partial charge in [-0.1, -0.05) is 0 Å². The van der Waals surface area contributed by atoms with Gasteiger partial charge in [0.2, 0.25) is 5.95 Å². The number of rotatable bonds is 4. The summed E-state index contributed by atoms with van der Waals surface area (Å²) in [5, 5.41) is 4.94. The molecule has 1 heterocycles. The van der Waals surface area contributed by atoms with E-state index in [0.29, 0.717) is 11.8 Å². The van der Waals surface area contributed by atoms with Crippen molar-refractivity contribution in [2.45, 2.75) is 6.92 Å². The molecular weight excluding hydrogens is 364 g/mol. The molecule has 2 N–H and O–H groups in total. The monoisotopic (exact) mass is 376 g/mol. The molecule has 0 saturated carbocycles. The highest BCUT2D eigenvalue weighted by atomic mass is 19.2. The summed E-state index contributed by atoms with van der Waals surface area (Å²) in [6.07, 6.45) is 0. The number of anilines is 3. The zero-order valence-corrected chi connectivity index (χ0v) is 13.9. The molecule has 0 atom stereocenters. The Morgan fingerprint density at radius 3 is 2.37 bits per heavy atom. The first-order chi connectivity index (χ1) is 12.8. The zero-order valence-electron chi connectivity index (χ0n) is 13.9. The molecule has 0 bridgehead atoms. The molecule has 9 heteroatoms. The molecule has 3 aromatic rings. The third kappa shape index (κ3) is 4.38. The number of halogens is 4. The lowest BCUT2D eigenvalue weighted by Crippen LogP contribution is -2.16. The van der Waals surface area contributed by atoms with Crippen molar-refractivity contribution in [3.63, 3.8) is 0 Å². The van der Waals surface area contributed by atoms with Crippen LogP contribution in [-0.4, -0.2) is 15.9 Å². The van der Waals surface area contributed by atoms with Crippen LogP contribution in [0.3, 0.4) is 0 Å². The molecule has 2 aromatic carbocycles. The van der Waals surface area contributed by atoms with E-state index < -0.39 is 29.2 Å². The van der Waals surface area contributed by atoms with Gasteiger partial charge in [-0.3, -0.25) is 4.79 Å². The molecule has 1 aromatic heterocycles. The number of carbonyl (C=O) groups is 1. The van der Waals surface area contributed by atoms with Crippen molar-refractivity contribution in [3.05, 3.63) is 77.1 Å². The van der Waals surface area contributed by atoms with Crippen molar-refractivity contribution in [1.29, 1.82) is 0 Å². The van der Waals surface area contributed by atoms with Gasteiger partial charge in [-0.05, 0) is 37.3 Å². The Bertz CT molecular complexity index is 1030. The van der Waals surface area contributed by atoms with Gasteiger partial charge >= 0.3 is 0 Å². The SMILES string of the molecule is Cc1cc(C(=O)Nc2ccc(F)cc2F)nc(Nc2ccc(F)c(F)c2)n1. The molecule has 3 rings (SSSR count). The van der Waals surface area contributed by atoms with Gasteiger partial charge in [-0.25, -0.2) is 27.5 Å². The van der Waals surface area contributed by atoms with Gasteiger partial charge in [0, 0.05) is 23.5 Å². The summed E-state index contributed by atoms with van der Waals surface area (Å²) in [7, 11) is 0. The van der Waals surface area contributed by atoms with E-state index in [2.05, 4.69) is 20.6 Å². The lowest BCUT2D eigenvalue weighted by atomic mass is 10.2.